The third-order valence-electron chi connectivity index (χ3n) is 2.43. The molecule has 0 aromatic rings. The van der Waals surface area contributed by atoms with E-state index in [0.717, 1.165) is 6.42 Å². The van der Waals surface area contributed by atoms with Gasteiger partial charge in [-0.1, -0.05) is 0 Å². The van der Waals surface area contributed by atoms with Crippen LogP contribution in [0.1, 0.15) is 41.0 Å². The van der Waals surface area contributed by atoms with Crippen molar-refractivity contribution in [3.8, 4) is 0 Å². The highest BCUT2D eigenvalue weighted by Crippen LogP contribution is 2.17. The molecule has 0 aromatic heterocycles. The molecule has 0 aliphatic heterocycles. The summed E-state index contributed by atoms with van der Waals surface area (Å²) in [5.74, 6) is -0.293. The zero-order valence-electron chi connectivity index (χ0n) is 12.2. The van der Waals surface area contributed by atoms with Gasteiger partial charge in [0.25, 0.3) is 0 Å². The fourth-order valence-corrected chi connectivity index (χ4v) is 1.30. The van der Waals surface area contributed by atoms with E-state index in [1.54, 1.807) is 0 Å². The van der Waals surface area contributed by atoms with Crippen LogP contribution in [0.4, 0.5) is 0 Å². The van der Waals surface area contributed by atoms with Crippen LogP contribution in [0.15, 0.2) is 0 Å². The van der Waals surface area contributed by atoms with Crippen LogP contribution in [-0.4, -0.2) is 43.5 Å². The van der Waals surface area contributed by atoms with Gasteiger partial charge in [-0.05, 0) is 34.1 Å². The molecule has 5 nitrogen and oxygen atoms in total. The summed E-state index contributed by atoms with van der Waals surface area (Å²) in [6.07, 6.45) is 0.760. The predicted molar refractivity (Wildman–Crippen MR) is 70.4 cm³/mol. The molecule has 0 heterocycles. The van der Waals surface area contributed by atoms with Crippen LogP contribution in [0.3, 0.4) is 0 Å². The Morgan fingerprint density at radius 1 is 1.06 bits per heavy atom. The first-order chi connectivity index (χ1) is 8.18. The third kappa shape index (κ3) is 9.39. The minimum Gasteiger partial charge on any atom is -0.463 e. The zero-order chi connectivity index (χ0) is 14.2. The van der Waals surface area contributed by atoms with E-state index in [0.29, 0.717) is 19.8 Å². The van der Waals surface area contributed by atoms with E-state index in [4.69, 9.17) is 19.9 Å². The monoisotopic (exact) mass is 261 g/mol. The average molecular weight is 261 g/mol. The lowest BCUT2D eigenvalue weighted by molar-refractivity contribution is -0.152. The summed E-state index contributed by atoms with van der Waals surface area (Å²) < 4.78 is 16.3. The highest BCUT2D eigenvalue weighted by molar-refractivity contribution is 5.65. The molecule has 0 aliphatic carbocycles. The Balaban J connectivity index is 3.90. The maximum absolute atomic E-state index is 10.7. The van der Waals surface area contributed by atoms with Crippen molar-refractivity contribution in [3.63, 3.8) is 0 Å². The second-order valence-corrected chi connectivity index (χ2v) is 5.54. The van der Waals surface area contributed by atoms with Crippen molar-refractivity contribution in [1.82, 2.24) is 0 Å². The summed E-state index contributed by atoms with van der Waals surface area (Å²) in [5.41, 5.74) is 4.67. The summed E-state index contributed by atoms with van der Waals surface area (Å²) in [6, 6.07) is 0. The number of hydrogen-bond acceptors (Lipinski definition) is 5. The van der Waals surface area contributed by atoms with Gasteiger partial charge in [-0.3, -0.25) is 4.79 Å². The summed E-state index contributed by atoms with van der Waals surface area (Å²) >= 11 is 0. The molecule has 0 atom stereocenters. The molecule has 0 saturated heterocycles. The molecule has 0 saturated carbocycles. The largest absolute Gasteiger partial charge is 0.463 e. The Bertz CT molecular complexity index is 251. The number of nitrogens with two attached hydrogens (primary N) is 1. The van der Waals surface area contributed by atoms with E-state index < -0.39 is 5.60 Å². The van der Waals surface area contributed by atoms with Crippen molar-refractivity contribution in [2.24, 2.45) is 5.73 Å². The van der Waals surface area contributed by atoms with Crippen LogP contribution in [0.2, 0.25) is 0 Å². The zero-order valence-corrected chi connectivity index (χ0v) is 12.2. The summed E-state index contributed by atoms with van der Waals surface area (Å²) in [5, 5.41) is 0. The van der Waals surface area contributed by atoms with Crippen molar-refractivity contribution in [2.75, 3.05) is 26.4 Å². The Hall–Kier alpha value is -0.650. The smallest absolute Gasteiger partial charge is 0.302 e. The molecule has 0 spiro atoms. The van der Waals surface area contributed by atoms with Gasteiger partial charge in [0.15, 0.2) is 0 Å². The minimum absolute atomic E-state index is 0.253. The number of carbonyl (C=O) groups excluding carboxylic acids is 1. The van der Waals surface area contributed by atoms with Crippen molar-refractivity contribution in [1.29, 1.82) is 0 Å². The first-order valence-electron chi connectivity index (χ1n) is 6.30. The second-order valence-electron chi connectivity index (χ2n) is 5.54. The van der Waals surface area contributed by atoms with Gasteiger partial charge in [0.1, 0.15) is 6.61 Å². The summed E-state index contributed by atoms with van der Waals surface area (Å²) in [6.45, 7) is 11.0. The second kappa shape index (κ2) is 7.71. The minimum atomic E-state index is -0.477. The standard InChI is InChI=1S/C13H27NO4/c1-11(15)16-10-13(4,5)17-8-6-12(2,3)18-9-7-14/h6-10,14H2,1-5H3. The van der Waals surface area contributed by atoms with E-state index in [-0.39, 0.29) is 18.2 Å². The fourth-order valence-electron chi connectivity index (χ4n) is 1.30. The lowest BCUT2D eigenvalue weighted by Gasteiger charge is -2.29. The Kier molecular flexibility index (Phi) is 7.43. The molecule has 0 amide bonds. The lowest BCUT2D eigenvalue weighted by atomic mass is 10.1. The first-order valence-corrected chi connectivity index (χ1v) is 6.30. The van der Waals surface area contributed by atoms with E-state index in [1.807, 2.05) is 27.7 Å². The van der Waals surface area contributed by atoms with Crippen LogP contribution in [0, 0.1) is 0 Å². The molecule has 0 aliphatic rings. The molecule has 0 bridgehead atoms. The van der Waals surface area contributed by atoms with Crippen molar-refractivity contribution in [3.05, 3.63) is 0 Å². The van der Waals surface area contributed by atoms with Gasteiger partial charge >= 0.3 is 5.97 Å². The predicted octanol–water partition coefficient (Wildman–Crippen LogP) is 1.49. The number of esters is 1. The Labute approximate surface area is 110 Å². The van der Waals surface area contributed by atoms with Crippen LogP contribution >= 0.6 is 0 Å². The lowest BCUT2D eigenvalue weighted by Crippen LogP contribution is -2.35. The quantitative estimate of drug-likeness (QED) is 0.637. The molecule has 108 valence electrons. The number of rotatable bonds is 9. The number of ether oxygens (including phenoxy) is 3. The molecule has 0 unspecified atom stereocenters. The fraction of sp³-hybridized carbons (Fsp3) is 0.923. The molecule has 2 N–H and O–H groups in total. The van der Waals surface area contributed by atoms with Crippen molar-refractivity contribution < 1.29 is 19.0 Å². The molecule has 0 aromatic carbocycles. The van der Waals surface area contributed by atoms with Gasteiger partial charge in [-0.25, -0.2) is 0 Å². The van der Waals surface area contributed by atoms with Crippen LogP contribution in [-0.2, 0) is 19.0 Å². The molecular weight excluding hydrogens is 234 g/mol. The number of carbonyl (C=O) groups is 1. The molecular formula is C13H27NO4. The van der Waals surface area contributed by atoms with Crippen molar-refractivity contribution in [2.45, 2.75) is 52.2 Å². The molecule has 0 radical (unpaired) electrons. The topological polar surface area (TPSA) is 70.8 Å². The van der Waals surface area contributed by atoms with E-state index in [1.165, 1.54) is 6.92 Å². The Morgan fingerprint density at radius 2 is 1.61 bits per heavy atom. The third-order valence-corrected chi connectivity index (χ3v) is 2.43. The SMILES string of the molecule is CC(=O)OCC(C)(C)OCCC(C)(C)OCCN. The van der Waals surface area contributed by atoms with Gasteiger partial charge in [-0.15, -0.1) is 0 Å². The highest BCUT2D eigenvalue weighted by atomic mass is 16.6. The summed E-state index contributed by atoms with van der Waals surface area (Å²) in [7, 11) is 0. The number of hydrogen-bond donors (Lipinski definition) is 1. The molecule has 18 heavy (non-hydrogen) atoms. The average Bonchev–Trinajstić information content (AvgIpc) is 2.23. The normalized spacial score (nSPS) is 12.6. The van der Waals surface area contributed by atoms with Gasteiger partial charge in [0.2, 0.25) is 0 Å². The Morgan fingerprint density at radius 3 is 2.11 bits per heavy atom. The van der Waals surface area contributed by atoms with Crippen molar-refractivity contribution >= 4 is 5.97 Å². The highest BCUT2D eigenvalue weighted by Gasteiger charge is 2.23. The van der Waals surface area contributed by atoms with Gasteiger partial charge in [-0.2, -0.15) is 0 Å². The van der Waals surface area contributed by atoms with Gasteiger partial charge < -0.3 is 19.9 Å². The van der Waals surface area contributed by atoms with E-state index in [2.05, 4.69) is 0 Å². The van der Waals surface area contributed by atoms with Crippen LogP contribution in [0.25, 0.3) is 0 Å². The van der Waals surface area contributed by atoms with Gasteiger partial charge in [0, 0.05) is 13.5 Å². The molecule has 0 fully saturated rings. The maximum atomic E-state index is 10.7. The molecule has 0 rings (SSSR count). The van der Waals surface area contributed by atoms with Gasteiger partial charge in [0.05, 0.1) is 24.4 Å². The molecule has 5 heteroatoms. The summed E-state index contributed by atoms with van der Waals surface area (Å²) in [4.78, 5) is 10.7. The maximum Gasteiger partial charge on any atom is 0.302 e. The van der Waals surface area contributed by atoms with Crippen LogP contribution < -0.4 is 5.73 Å². The first kappa shape index (κ1) is 17.4. The van der Waals surface area contributed by atoms with Crippen LogP contribution in [0.5, 0.6) is 0 Å². The van der Waals surface area contributed by atoms with E-state index >= 15 is 0 Å². The van der Waals surface area contributed by atoms with E-state index in [9.17, 15) is 4.79 Å².